The van der Waals surface area contributed by atoms with E-state index in [1.165, 1.54) is 11.1 Å². The lowest BCUT2D eigenvalue weighted by Crippen LogP contribution is -2.35. The number of methoxy groups -OCH3 is 2. The Labute approximate surface area is 104 Å². The Morgan fingerprint density at radius 1 is 1.12 bits per heavy atom. The average molecular weight is 237 g/mol. The van der Waals surface area contributed by atoms with E-state index in [1.54, 1.807) is 14.2 Å². The Kier molecular flexibility index (Phi) is 6.19. The van der Waals surface area contributed by atoms with Gasteiger partial charge in [0, 0.05) is 14.2 Å². The lowest BCUT2D eigenvalue weighted by atomic mass is 10.0. The smallest absolute Gasteiger partial charge is 0.176 e. The molecule has 0 aliphatic carbocycles. The summed E-state index contributed by atoms with van der Waals surface area (Å²) in [6, 6.07) is 8.53. The number of nitrogens with one attached hydrogen (secondary N) is 1. The molecule has 17 heavy (non-hydrogen) atoms. The van der Waals surface area contributed by atoms with Crippen LogP contribution in [0.3, 0.4) is 0 Å². The molecular formula is C14H23NO2. The van der Waals surface area contributed by atoms with E-state index < -0.39 is 0 Å². The first-order valence-electron chi connectivity index (χ1n) is 6.08. The van der Waals surface area contributed by atoms with Gasteiger partial charge in [0.2, 0.25) is 0 Å². The van der Waals surface area contributed by atoms with Crippen molar-refractivity contribution in [2.24, 2.45) is 0 Å². The number of hydrogen-bond donors (Lipinski definition) is 1. The second-order valence-electron chi connectivity index (χ2n) is 4.18. The molecule has 0 amide bonds. The van der Waals surface area contributed by atoms with Crippen molar-refractivity contribution in [1.82, 2.24) is 5.32 Å². The van der Waals surface area contributed by atoms with Crippen LogP contribution in [-0.2, 0) is 9.47 Å². The summed E-state index contributed by atoms with van der Waals surface area (Å²) in [7, 11) is 3.34. The zero-order valence-corrected chi connectivity index (χ0v) is 11.2. The third-order valence-corrected chi connectivity index (χ3v) is 2.79. The Hall–Kier alpha value is -0.900. The van der Waals surface area contributed by atoms with Gasteiger partial charge in [-0.2, -0.15) is 0 Å². The van der Waals surface area contributed by atoms with Gasteiger partial charge >= 0.3 is 0 Å². The van der Waals surface area contributed by atoms with E-state index in [2.05, 4.69) is 43.4 Å². The minimum Gasteiger partial charge on any atom is -0.354 e. The highest BCUT2D eigenvalue weighted by Gasteiger charge is 2.21. The van der Waals surface area contributed by atoms with Crippen LogP contribution >= 0.6 is 0 Å². The minimum atomic E-state index is -0.260. The molecule has 3 nitrogen and oxygen atoms in total. The summed E-state index contributed by atoms with van der Waals surface area (Å²) in [5.41, 5.74) is 2.45. The predicted molar refractivity (Wildman–Crippen MR) is 70.0 cm³/mol. The van der Waals surface area contributed by atoms with Gasteiger partial charge in [0.1, 0.15) is 0 Å². The summed E-state index contributed by atoms with van der Waals surface area (Å²) >= 11 is 0. The number of benzene rings is 1. The zero-order chi connectivity index (χ0) is 12.7. The fourth-order valence-corrected chi connectivity index (χ4v) is 1.81. The minimum absolute atomic E-state index is 0.0746. The maximum absolute atomic E-state index is 5.36. The van der Waals surface area contributed by atoms with Gasteiger partial charge in [-0.1, -0.05) is 36.8 Å². The molecule has 1 N–H and O–H groups in total. The van der Waals surface area contributed by atoms with Gasteiger partial charge in [0.05, 0.1) is 6.04 Å². The van der Waals surface area contributed by atoms with Crippen molar-refractivity contribution >= 4 is 0 Å². The van der Waals surface area contributed by atoms with Crippen LogP contribution in [-0.4, -0.2) is 27.1 Å². The van der Waals surface area contributed by atoms with Crippen molar-refractivity contribution in [2.75, 3.05) is 20.8 Å². The van der Waals surface area contributed by atoms with Crippen LogP contribution in [0.2, 0.25) is 0 Å². The number of ether oxygens (including phenoxy) is 2. The molecule has 1 aromatic carbocycles. The molecule has 1 unspecified atom stereocenters. The second kappa shape index (κ2) is 7.43. The Morgan fingerprint density at radius 3 is 2.18 bits per heavy atom. The molecule has 0 radical (unpaired) electrons. The summed E-state index contributed by atoms with van der Waals surface area (Å²) in [6.45, 7) is 5.18. The van der Waals surface area contributed by atoms with Crippen LogP contribution < -0.4 is 5.32 Å². The van der Waals surface area contributed by atoms with Gasteiger partial charge in [-0.15, -0.1) is 0 Å². The lowest BCUT2D eigenvalue weighted by Gasteiger charge is -2.26. The van der Waals surface area contributed by atoms with E-state index in [4.69, 9.17) is 9.47 Å². The van der Waals surface area contributed by atoms with E-state index >= 15 is 0 Å². The summed E-state index contributed by atoms with van der Waals surface area (Å²) < 4.78 is 10.7. The first kappa shape index (κ1) is 14.2. The predicted octanol–water partition coefficient (Wildman–Crippen LogP) is 2.65. The van der Waals surface area contributed by atoms with E-state index in [0.717, 1.165) is 13.0 Å². The van der Waals surface area contributed by atoms with Gasteiger partial charge in [-0.25, -0.2) is 0 Å². The fourth-order valence-electron chi connectivity index (χ4n) is 1.81. The molecule has 0 saturated heterocycles. The van der Waals surface area contributed by atoms with Gasteiger partial charge in [0.15, 0.2) is 6.29 Å². The standard InChI is InChI=1S/C14H23NO2/c1-5-10-15-13(14(16-3)17-4)12-8-6-11(2)7-9-12/h6-9,13-15H,5,10H2,1-4H3. The number of aryl methyl sites for hydroxylation is 1. The van der Waals surface area contributed by atoms with Crippen LogP contribution in [0.25, 0.3) is 0 Å². The molecule has 96 valence electrons. The topological polar surface area (TPSA) is 30.5 Å². The van der Waals surface area contributed by atoms with Crippen LogP contribution in [0.15, 0.2) is 24.3 Å². The monoisotopic (exact) mass is 237 g/mol. The van der Waals surface area contributed by atoms with Crippen LogP contribution in [0.1, 0.15) is 30.5 Å². The molecule has 1 rings (SSSR count). The van der Waals surface area contributed by atoms with Crippen molar-refractivity contribution in [2.45, 2.75) is 32.6 Å². The highest BCUT2D eigenvalue weighted by atomic mass is 16.7. The summed E-state index contributed by atoms with van der Waals surface area (Å²) in [5.74, 6) is 0. The Morgan fingerprint density at radius 2 is 1.71 bits per heavy atom. The van der Waals surface area contributed by atoms with Crippen molar-refractivity contribution < 1.29 is 9.47 Å². The largest absolute Gasteiger partial charge is 0.354 e. The molecule has 3 heteroatoms. The summed E-state index contributed by atoms with van der Waals surface area (Å²) in [5, 5.41) is 3.46. The highest BCUT2D eigenvalue weighted by molar-refractivity contribution is 5.24. The zero-order valence-electron chi connectivity index (χ0n) is 11.2. The van der Waals surface area contributed by atoms with Crippen molar-refractivity contribution in [3.8, 4) is 0 Å². The Bertz CT molecular complexity index is 307. The van der Waals surface area contributed by atoms with Crippen molar-refractivity contribution in [1.29, 1.82) is 0 Å². The number of hydrogen-bond acceptors (Lipinski definition) is 3. The SMILES string of the molecule is CCCNC(c1ccc(C)cc1)C(OC)OC. The van der Waals surface area contributed by atoms with Crippen LogP contribution in [0.4, 0.5) is 0 Å². The first-order valence-corrected chi connectivity index (χ1v) is 6.08. The van der Waals surface area contributed by atoms with Crippen molar-refractivity contribution in [3.05, 3.63) is 35.4 Å². The molecule has 0 bridgehead atoms. The molecule has 1 aromatic rings. The van der Waals surface area contributed by atoms with E-state index in [1.807, 2.05) is 0 Å². The third kappa shape index (κ3) is 4.11. The number of rotatable bonds is 7. The first-order chi connectivity index (χ1) is 8.22. The summed E-state index contributed by atoms with van der Waals surface area (Å²) in [6.07, 6.45) is 0.826. The molecule has 0 fully saturated rings. The lowest BCUT2D eigenvalue weighted by molar-refractivity contribution is -0.124. The molecular weight excluding hydrogens is 214 g/mol. The van der Waals surface area contributed by atoms with Crippen LogP contribution in [0.5, 0.6) is 0 Å². The molecule has 0 saturated carbocycles. The average Bonchev–Trinajstić information content (AvgIpc) is 2.36. The van der Waals surface area contributed by atoms with E-state index in [0.29, 0.717) is 0 Å². The Balaban J connectivity index is 2.84. The fraction of sp³-hybridized carbons (Fsp3) is 0.571. The van der Waals surface area contributed by atoms with E-state index in [-0.39, 0.29) is 12.3 Å². The molecule has 0 heterocycles. The second-order valence-corrected chi connectivity index (χ2v) is 4.18. The quantitative estimate of drug-likeness (QED) is 0.740. The van der Waals surface area contributed by atoms with Gasteiger partial charge in [-0.05, 0) is 25.5 Å². The molecule has 0 aliphatic rings. The van der Waals surface area contributed by atoms with Crippen LogP contribution in [0, 0.1) is 6.92 Å². The highest BCUT2D eigenvalue weighted by Crippen LogP contribution is 2.20. The maximum Gasteiger partial charge on any atom is 0.176 e. The van der Waals surface area contributed by atoms with Gasteiger partial charge < -0.3 is 14.8 Å². The third-order valence-electron chi connectivity index (χ3n) is 2.79. The summed E-state index contributed by atoms with van der Waals surface area (Å²) in [4.78, 5) is 0. The normalized spacial score (nSPS) is 13.0. The maximum atomic E-state index is 5.36. The molecule has 0 aromatic heterocycles. The van der Waals surface area contributed by atoms with Gasteiger partial charge in [0.25, 0.3) is 0 Å². The van der Waals surface area contributed by atoms with E-state index in [9.17, 15) is 0 Å². The molecule has 0 aliphatic heterocycles. The van der Waals surface area contributed by atoms with Gasteiger partial charge in [-0.3, -0.25) is 0 Å². The molecule has 0 spiro atoms. The molecule has 1 atom stereocenters. The van der Waals surface area contributed by atoms with Crippen molar-refractivity contribution in [3.63, 3.8) is 0 Å².